The number of nitrogens with zero attached hydrogens (tertiary/aromatic N) is 4. The predicted molar refractivity (Wildman–Crippen MR) is 145 cm³/mol. The summed E-state index contributed by atoms with van der Waals surface area (Å²) < 4.78 is 32.1. The summed E-state index contributed by atoms with van der Waals surface area (Å²) in [5.41, 5.74) is 5.48. The zero-order valence-corrected chi connectivity index (χ0v) is 21.4. The Morgan fingerprint density at radius 1 is 0.974 bits per heavy atom. The van der Waals surface area contributed by atoms with Crippen LogP contribution in [0.4, 0.5) is 15.8 Å². The van der Waals surface area contributed by atoms with Gasteiger partial charge in [-0.1, -0.05) is 12.1 Å². The second-order valence-corrected chi connectivity index (χ2v) is 8.61. The van der Waals surface area contributed by atoms with Crippen LogP contribution in [-0.2, 0) is 9.47 Å². The molecule has 5 rings (SSSR count). The molecule has 0 radical (unpaired) electrons. The molecular weight excluding hydrogens is 485 g/mol. The molecule has 8 nitrogen and oxygen atoms in total. The molecule has 9 heteroatoms. The molecule has 194 valence electrons. The highest BCUT2D eigenvalue weighted by Gasteiger charge is 2.18. The molecule has 2 aromatic carbocycles. The molecule has 0 saturated carbocycles. The summed E-state index contributed by atoms with van der Waals surface area (Å²) in [4.78, 5) is 14.1. The van der Waals surface area contributed by atoms with Crippen LogP contribution in [0.25, 0.3) is 28.1 Å². The van der Waals surface area contributed by atoms with Gasteiger partial charge in [0, 0.05) is 26.1 Å². The Bertz CT molecular complexity index is 1590. The topological polar surface area (TPSA) is 82.8 Å². The summed E-state index contributed by atoms with van der Waals surface area (Å²) in [6, 6.07) is 21.9. The van der Waals surface area contributed by atoms with Crippen LogP contribution in [0.1, 0.15) is 0 Å². The minimum atomic E-state index is -0.298. The van der Waals surface area contributed by atoms with Crippen LogP contribution < -0.4 is 15.4 Å². The molecule has 0 spiro atoms. The quantitative estimate of drug-likeness (QED) is 0.280. The highest BCUT2D eigenvalue weighted by molar-refractivity contribution is 5.84. The number of para-hydroxylation sites is 2. The maximum atomic E-state index is 13.8. The van der Waals surface area contributed by atoms with Crippen molar-refractivity contribution in [3.8, 4) is 23.0 Å². The van der Waals surface area contributed by atoms with Gasteiger partial charge in [-0.15, -0.1) is 0 Å². The third-order valence-corrected chi connectivity index (χ3v) is 6.17. The fourth-order valence-electron chi connectivity index (χ4n) is 4.32. The molecule has 0 amide bonds. The van der Waals surface area contributed by atoms with E-state index >= 15 is 0 Å². The lowest BCUT2D eigenvalue weighted by molar-refractivity contribution is 0.0340. The van der Waals surface area contributed by atoms with E-state index in [1.165, 1.54) is 12.1 Å². The van der Waals surface area contributed by atoms with Gasteiger partial charge < -0.3 is 24.1 Å². The van der Waals surface area contributed by atoms with E-state index in [1.807, 2.05) is 48.5 Å². The number of benzene rings is 3. The molecule has 0 saturated heterocycles. The van der Waals surface area contributed by atoms with E-state index in [-0.39, 0.29) is 11.9 Å². The third kappa shape index (κ3) is 5.20. The molecule has 1 aromatic heterocycles. The van der Waals surface area contributed by atoms with Crippen molar-refractivity contribution in [3.05, 3.63) is 90.2 Å². The van der Waals surface area contributed by atoms with Gasteiger partial charge in [0.1, 0.15) is 11.5 Å². The maximum absolute atomic E-state index is 13.8. The molecular formula is C29H28FN5O3. The van der Waals surface area contributed by atoms with Crippen molar-refractivity contribution in [1.82, 2.24) is 14.5 Å². The van der Waals surface area contributed by atoms with E-state index < -0.39 is 0 Å². The van der Waals surface area contributed by atoms with Crippen LogP contribution in [0.3, 0.4) is 0 Å². The van der Waals surface area contributed by atoms with Crippen molar-refractivity contribution in [2.24, 2.45) is 4.99 Å². The summed E-state index contributed by atoms with van der Waals surface area (Å²) in [6.45, 7) is 0.792. The Morgan fingerprint density at radius 3 is 2.55 bits per heavy atom. The molecule has 2 heterocycles. The Balaban J connectivity index is 1.76. The molecule has 0 bridgehead atoms. The van der Waals surface area contributed by atoms with Gasteiger partial charge in [0.05, 0.1) is 59.8 Å². The monoisotopic (exact) mass is 513 g/mol. The van der Waals surface area contributed by atoms with Gasteiger partial charge in [0.2, 0.25) is 5.88 Å². The average molecular weight is 514 g/mol. The largest absolute Gasteiger partial charge is 0.480 e. The van der Waals surface area contributed by atoms with Crippen molar-refractivity contribution in [3.63, 3.8) is 0 Å². The van der Waals surface area contributed by atoms with Crippen LogP contribution in [-0.4, -0.2) is 55.1 Å². The third-order valence-electron chi connectivity index (χ3n) is 6.17. The molecule has 1 unspecified atom stereocenters. The Labute approximate surface area is 219 Å². The van der Waals surface area contributed by atoms with E-state index in [4.69, 9.17) is 24.2 Å². The molecule has 0 fully saturated rings. The normalized spacial score (nSPS) is 12.7. The van der Waals surface area contributed by atoms with Gasteiger partial charge in [-0.2, -0.15) is 0 Å². The zero-order valence-electron chi connectivity index (χ0n) is 21.4. The smallest absolute Gasteiger partial charge is 0.237 e. The number of hydrogen-bond acceptors (Lipinski definition) is 7. The number of nitrogens with one attached hydrogen (secondary N) is 1. The number of anilines is 2. The maximum Gasteiger partial charge on any atom is 0.237 e. The van der Waals surface area contributed by atoms with Gasteiger partial charge in [-0.05, 0) is 60.7 Å². The van der Waals surface area contributed by atoms with Gasteiger partial charge in [-0.3, -0.25) is 4.99 Å². The summed E-state index contributed by atoms with van der Waals surface area (Å²) in [7, 11) is 4.84. The van der Waals surface area contributed by atoms with Crippen molar-refractivity contribution in [2.45, 2.75) is 6.10 Å². The highest BCUT2D eigenvalue weighted by Crippen LogP contribution is 2.31. The van der Waals surface area contributed by atoms with Gasteiger partial charge in [-0.25, -0.2) is 14.4 Å². The van der Waals surface area contributed by atoms with Crippen molar-refractivity contribution >= 4 is 22.4 Å². The lowest BCUT2D eigenvalue weighted by atomic mass is 10.1. The number of ether oxygens (including phenoxy) is 3. The fraction of sp³-hybridized carbons (Fsp3) is 0.207. The second kappa shape index (κ2) is 11.4. The van der Waals surface area contributed by atoms with Crippen LogP contribution in [0.5, 0.6) is 5.88 Å². The number of halogens is 1. The van der Waals surface area contributed by atoms with Crippen LogP contribution in [0.15, 0.2) is 84.0 Å². The number of hydrogen-bond donors (Lipinski definition) is 1. The fourth-order valence-corrected chi connectivity index (χ4v) is 4.32. The Hall–Kier alpha value is -4.34. The Kier molecular flexibility index (Phi) is 7.57. The molecule has 1 atom stereocenters. The molecule has 1 aliphatic carbocycles. The van der Waals surface area contributed by atoms with Gasteiger partial charge in [0.25, 0.3) is 0 Å². The van der Waals surface area contributed by atoms with Crippen molar-refractivity contribution in [2.75, 3.05) is 39.8 Å². The molecule has 2 aliphatic rings. The first kappa shape index (κ1) is 25.3. The predicted octanol–water partition coefficient (Wildman–Crippen LogP) is 4.98. The Morgan fingerprint density at radius 2 is 1.79 bits per heavy atom. The summed E-state index contributed by atoms with van der Waals surface area (Å²) in [5, 5.41) is 4.11. The first-order chi connectivity index (χ1) is 18.6. The average Bonchev–Trinajstić information content (AvgIpc) is 2.95. The minimum Gasteiger partial charge on any atom is -0.480 e. The number of rotatable bonds is 9. The van der Waals surface area contributed by atoms with E-state index in [9.17, 15) is 4.39 Å². The number of aromatic nitrogens is 3. The summed E-state index contributed by atoms with van der Waals surface area (Å²) in [5.74, 6) is 0.161. The number of pyridine rings is 1. The molecule has 1 aliphatic heterocycles. The number of methoxy groups -OCH3 is 3. The lowest BCUT2D eigenvalue weighted by Gasteiger charge is -2.20. The molecule has 38 heavy (non-hydrogen) atoms. The SMILES string of the molecule is COCC(CN=c1cc2n(-c3ccc(F)cc3)c3ccccc3nc-2cc1Nc1cccnc1OC)OC. The van der Waals surface area contributed by atoms with Crippen molar-refractivity contribution < 1.29 is 18.6 Å². The van der Waals surface area contributed by atoms with Gasteiger partial charge in [0.15, 0.2) is 0 Å². The van der Waals surface area contributed by atoms with E-state index in [0.29, 0.717) is 30.1 Å². The highest BCUT2D eigenvalue weighted by atomic mass is 19.1. The summed E-state index contributed by atoms with van der Waals surface area (Å²) >= 11 is 0. The van der Waals surface area contributed by atoms with Crippen LogP contribution in [0.2, 0.25) is 0 Å². The first-order valence-electron chi connectivity index (χ1n) is 12.1. The molecule has 3 aromatic rings. The van der Waals surface area contributed by atoms with E-state index in [0.717, 1.165) is 33.8 Å². The van der Waals surface area contributed by atoms with E-state index in [2.05, 4.69) is 14.9 Å². The zero-order chi connectivity index (χ0) is 26.5. The van der Waals surface area contributed by atoms with Gasteiger partial charge >= 0.3 is 0 Å². The lowest BCUT2D eigenvalue weighted by Crippen LogP contribution is -2.23. The first-order valence-corrected chi connectivity index (χ1v) is 12.1. The van der Waals surface area contributed by atoms with Crippen molar-refractivity contribution in [1.29, 1.82) is 0 Å². The summed E-state index contributed by atoms with van der Waals surface area (Å²) in [6.07, 6.45) is 1.46. The van der Waals surface area contributed by atoms with E-state index in [1.54, 1.807) is 39.7 Å². The second-order valence-electron chi connectivity index (χ2n) is 8.61. The molecule has 1 N–H and O–H groups in total. The number of fused-ring (bicyclic) bond motifs is 2. The standard InChI is InChI=1S/C29H28FN5O3/c1-36-18-21(37-2)17-32-24-16-28-26(15-25(24)34-23-8-6-14-31-29(23)38-3)33-22-7-4-5-9-27(22)35(28)20-12-10-19(30)11-13-20/h4-16,21,34H,17-18H2,1-3H3. The minimum absolute atomic E-state index is 0.213. The van der Waals surface area contributed by atoms with Crippen LogP contribution in [0, 0.1) is 5.82 Å². The van der Waals surface area contributed by atoms with Crippen LogP contribution >= 0.6 is 0 Å².